The minimum Gasteiger partial charge on any atom is -0.507 e. The minimum absolute atomic E-state index is 0.0243. The summed E-state index contributed by atoms with van der Waals surface area (Å²) >= 11 is 1.33. The molecule has 1 fully saturated rings. The average Bonchev–Trinajstić information content (AvgIpc) is 3.47. The molecule has 1 aliphatic rings. The number of thiazole rings is 1. The molecular weight excluding hydrogens is 514 g/mol. The highest BCUT2D eigenvalue weighted by molar-refractivity contribution is 7.22. The van der Waals surface area contributed by atoms with Gasteiger partial charge in [0.15, 0.2) is 16.6 Å². The smallest absolute Gasteiger partial charge is 0.301 e. The number of nitrogens with zero attached hydrogens (tertiary/aromatic N) is 3. The SMILES string of the molecule is CCCCOc1ccc(C2/C(=C(\O)c3ccncc3)C(=O)C(=O)N2c2nc3ccc(C)cc3s2)cc1OCC. The summed E-state index contributed by atoms with van der Waals surface area (Å²) in [6.45, 7) is 6.90. The number of amides is 1. The number of aliphatic hydroxyl groups is 1. The summed E-state index contributed by atoms with van der Waals surface area (Å²) in [4.78, 5) is 37.1. The van der Waals surface area contributed by atoms with Crippen LogP contribution < -0.4 is 14.4 Å². The molecule has 8 nitrogen and oxygen atoms in total. The van der Waals surface area contributed by atoms with Crippen LogP contribution in [0.5, 0.6) is 11.5 Å². The molecule has 0 saturated carbocycles. The molecule has 1 N–H and O–H groups in total. The number of aryl methyl sites for hydroxylation is 1. The lowest BCUT2D eigenvalue weighted by atomic mass is 9.95. The molecule has 1 aliphatic heterocycles. The van der Waals surface area contributed by atoms with E-state index in [9.17, 15) is 14.7 Å². The zero-order valence-electron chi connectivity index (χ0n) is 22.0. The fourth-order valence-electron chi connectivity index (χ4n) is 4.54. The molecular formula is C30H29N3O5S. The number of aromatic nitrogens is 2. The van der Waals surface area contributed by atoms with Crippen LogP contribution in [0.15, 0.2) is 66.5 Å². The predicted molar refractivity (Wildman–Crippen MR) is 151 cm³/mol. The van der Waals surface area contributed by atoms with Gasteiger partial charge in [0.2, 0.25) is 0 Å². The normalized spacial score (nSPS) is 16.7. The molecule has 39 heavy (non-hydrogen) atoms. The molecule has 1 saturated heterocycles. The molecule has 1 unspecified atom stereocenters. The third-order valence-corrected chi connectivity index (χ3v) is 7.49. The Morgan fingerprint density at radius 1 is 1.03 bits per heavy atom. The first-order valence-corrected chi connectivity index (χ1v) is 13.7. The summed E-state index contributed by atoms with van der Waals surface area (Å²) in [7, 11) is 0. The molecule has 9 heteroatoms. The number of ether oxygens (including phenoxy) is 2. The maximum absolute atomic E-state index is 13.6. The Labute approximate surface area is 230 Å². The van der Waals surface area contributed by atoms with Gasteiger partial charge in [-0.3, -0.25) is 19.5 Å². The topological polar surface area (TPSA) is 102 Å². The third-order valence-electron chi connectivity index (χ3n) is 6.48. The van der Waals surface area contributed by atoms with E-state index in [1.807, 2.05) is 32.0 Å². The number of rotatable bonds is 9. The second-order valence-corrected chi connectivity index (χ2v) is 10.2. The molecule has 0 aliphatic carbocycles. The summed E-state index contributed by atoms with van der Waals surface area (Å²) in [5.74, 6) is -0.740. The van der Waals surface area contributed by atoms with Crippen LogP contribution in [-0.4, -0.2) is 40.0 Å². The van der Waals surface area contributed by atoms with E-state index in [-0.39, 0.29) is 11.3 Å². The van der Waals surface area contributed by atoms with Crippen LogP contribution in [0.2, 0.25) is 0 Å². The van der Waals surface area contributed by atoms with Crippen molar-refractivity contribution in [2.45, 2.75) is 39.7 Å². The van der Waals surface area contributed by atoms with Crippen molar-refractivity contribution in [3.8, 4) is 11.5 Å². The van der Waals surface area contributed by atoms with Gasteiger partial charge < -0.3 is 14.6 Å². The van der Waals surface area contributed by atoms with Crippen LogP contribution in [-0.2, 0) is 9.59 Å². The zero-order chi connectivity index (χ0) is 27.5. The Morgan fingerprint density at radius 2 is 1.82 bits per heavy atom. The monoisotopic (exact) mass is 543 g/mol. The third kappa shape index (κ3) is 5.09. The second-order valence-electron chi connectivity index (χ2n) is 9.21. The van der Waals surface area contributed by atoms with E-state index in [1.165, 1.54) is 28.6 Å². The number of ketones is 1. The van der Waals surface area contributed by atoms with Crippen LogP contribution in [0.3, 0.4) is 0 Å². The minimum atomic E-state index is -0.927. The van der Waals surface area contributed by atoms with Gasteiger partial charge in [0, 0.05) is 18.0 Å². The van der Waals surface area contributed by atoms with Crippen molar-refractivity contribution >= 4 is 44.1 Å². The Kier molecular flexibility index (Phi) is 7.60. The number of Topliss-reactive ketones (excluding diaryl/α,β-unsaturated/α-hetero) is 1. The molecule has 0 bridgehead atoms. The molecule has 200 valence electrons. The molecule has 2 aromatic carbocycles. The molecule has 5 rings (SSSR count). The van der Waals surface area contributed by atoms with Crippen molar-refractivity contribution in [1.82, 2.24) is 9.97 Å². The number of aliphatic hydroxyl groups excluding tert-OH is 1. The molecule has 0 radical (unpaired) electrons. The average molecular weight is 544 g/mol. The van der Waals surface area contributed by atoms with E-state index < -0.39 is 17.7 Å². The van der Waals surface area contributed by atoms with Crippen molar-refractivity contribution in [1.29, 1.82) is 0 Å². The first kappa shape index (κ1) is 26.4. The fourth-order valence-corrected chi connectivity index (χ4v) is 5.63. The number of carbonyl (C=O) groups excluding carboxylic acids is 2. The highest BCUT2D eigenvalue weighted by Gasteiger charge is 2.48. The summed E-state index contributed by atoms with van der Waals surface area (Å²) in [6, 6.07) is 13.4. The van der Waals surface area contributed by atoms with Crippen LogP contribution in [0, 0.1) is 6.92 Å². The lowest BCUT2D eigenvalue weighted by molar-refractivity contribution is -0.132. The summed E-state index contributed by atoms with van der Waals surface area (Å²) < 4.78 is 12.7. The van der Waals surface area contributed by atoms with Gasteiger partial charge >= 0.3 is 5.91 Å². The van der Waals surface area contributed by atoms with E-state index in [0.29, 0.717) is 41.0 Å². The number of carbonyl (C=O) groups is 2. The van der Waals surface area contributed by atoms with Gasteiger partial charge in [-0.05, 0) is 67.8 Å². The fraction of sp³-hybridized carbons (Fsp3) is 0.267. The molecule has 4 aromatic rings. The van der Waals surface area contributed by atoms with Gasteiger partial charge in [-0.25, -0.2) is 4.98 Å². The number of fused-ring (bicyclic) bond motifs is 1. The Bertz CT molecular complexity index is 1560. The predicted octanol–water partition coefficient (Wildman–Crippen LogP) is 6.20. The summed E-state index contributed by atoms with van der Waals surface area (Å²) in [6.07, 6.45) is 4.93. The number of anilines is 1. The molecule has 3 heterocycles. The molecule has 1 amide bonds. The Hall–Kier alpha value is -4.24. The van der Waals surface area contributed by atoms with Gasteiger partial charge in [0.05, 0.1) is 35.0 Å². The quantitative estimate of drug-likeness (QED) is 0.116. The van der Waals surface area contributed by atoms with E-state index in [0.717, 1.165) is 28.6 Å². The van der Waals surface area contributed by atoms with Crippen LogP contribution in [0.1, 0.15) is 49.4 Å². The van der Waals surface area contributed by atoms with Crippen LogP contribution in [0.4, 0.5) is 5.13 Å². The maximum atomic E-state index is 13.6. The number of hydrogen-bond acceptors (Lipinski definition) is 8. The zero-order valence-corrected chi connectivity index (χ0v) is 22.8. The van der Waals surface area contributed by atoms with E-state index in [4.69, 9.17) is 14.5 Å². The van der Waals surface area contributed by atoms with E-state index >= 15 is 0 Å². The van der Waals surface area contributed by atoms with Crippen LogP contribution in [0.25, 0.3) is 16.0 Å². The van der Waals surface area contributed by atoms with Gasteiger partial charge in [-0.2, -0.15) is 0 Å². The molecule has 1 atom stereocenters. The molecule has 0 spiro atoms. The van der Waals surface area contributed by atoms with Crippen molar-refractivity contribution in [2.75, 3.05) is 18.1 Å². The highest BCUT2D eigenvalue weighted by atomic mass is 32.1. The van der Waals surface area contributed by atoms with Crippen LogP contribution >= 0.6 is 11.3 Å². The lowest BCUT2D eigenvalue weighted by Gasteiger charge is -2.24. The number of unbranched alkanes of at least 4 members (excludes halogenated alkanes) is 1. The van der Waals surface area contributed by atoms with Gasteiger partial charge in [-0.15, -0.1) is 0 Å². The maximum Gasteiger partial charge on any atom is 0.301 e. The number of benzene rings is 2. The standard InChI is InChI=1S/C30H29N3O5S/c1-4-6-15-38-22-10-8-20(17-23(22)37-5-2)26-25(27(34)19-11-13-31-14-12-19)28(35)29(36)33(26)30-32-21-9-7-18(3)16-24(21)39-30/h7-14,16-17,26,34H,4-6,15H2,1-3H3/b27-25+. The molecule has 2 aromatic heterocycles. The Balaban J connectivity index is 1.69. The van der Waals surface area contributed by atoms with Gasteiger partial charge in [-0.1, -0.05) is 36.8 Å². The number of pyridine rings is 1. The van der Waals surface area contributed by atoms with E-state index in [1.54, 1.807) is 30.3 Å². The summed E-state index contributed by atoms with van der Waals surface area (Å²) in [5.41, 5.74) is 2.74. The van der Waals surface area contributed by atoms with Crippen molar-refractivity contribution in [3.05, 3.63) is 83.2 Å². The van der Waals surface area contributed by atoms with Gasteiger partial charge in [0.1, 0.15) is 5.76 Å². The highest BCUT2D eigenvalue weighted by Crippen LogP contribution is 2.46. The largest absolute Gasteiger partial charge is 0.507 e. The van der Waals surface area contributed by atoms with Gasteiger partial charge in [0.25, 0.3) is 5.78 Å². The Morgan fingerprint density at radius 3 is 2.56 bits per heavy atom. The van der Waals surface area contributed by atoms with E-state index in [2.05, 4.69) is 11.9 Å². The first-order chi connectivity index (χ1) is 18.9. The van der Waals surface area contributed by atoms with Crippen molar-refractivity contribution in [3.63, 3.8) is 0 Å². The second kappa shape index (κ2) is 11.2. The lowest BCUT2D eigenvalue weighted by Crippen LogP contribution is -2.29. The van der Waals surface area contributed by atoms with Crippen molar-refractivity contribution in [2.24, 2.45) is 0 Å². The first-order valence-electron chi connectivity index (χ1n) is 12.9. The van der Waals surface area contributed by atoms with Crippen molar-refractivity contribution < 1.29 is 24.2 Å². The summed E-state index contributed by atoms with van der Waals surface area (Å²) in [5, 5.41) is 11.7. The number of hydrogen-bond donors (Lipinski definition) is 1.